The summed E-state index contributed by atoms with van der Waals surface area (Å²) < 4.78 is 21.3. The molecule has 0 spiro atoms. The SMILES string of the molecule is C=C(CC(=O)NCCOCCOCC(=O)NCCOCCOCC(=O)NCCCC[C@H](NN)C(=O)O)[C@H](NC(=O)CCCCCCCCCCCCCCCCCCC(=O)O)C(=O)O. The van der Waals surface area contributed by atoms with Gasteiger partial charge in [0.2, 0.25) is 23.6 Å². The molecule has 0 saturated heterocycles. The summed E-state index contributed by atoms with van der Waals surface area (Å²) >= 11 is 0. The first-order valence-corrected chi connectivity index (χ1v) is 23.1. The summed E-state index contributed by atoms with van der Waals surface area (Å²) in [6.45, 7) is 5.31. The summed E-state index contributed by atoms with van der Waals surface area (Å²) in [5, 5.41) is 37.6. The summed E-state index contributed by atoms with van der Waals surface area (Å²) in [4.78, 5) is 81.7. The third-order valence-electron chi connectivity index (χ3n) is 9.98. The van der Waals surface area contributed by atoms with Crippen LogP contribution in [0.3, 0.4) is 0 Å². The highest BCUT2D eigenvalue weighted by molar-refractivity contribution is 5.88. The molecule has 20 nitrogen and oxygen atoms in total. The number of aliphatic carboxylic acids is 3. The van der Waals surface area contributed by atoms with Gasteiger partial charge in [-0.15, -0.1) is 0 Å². The normalized spacial score (nSPS) is 12.0. The van der Waals surface area contributed by atoms with Crippen molar-refractivity contribution in [2.24, 2.45) is 5.84 Å². The van der Waals surface area contributed by atoms with Crippen molar-refractivity contribution in [1.82, 2.24) is 26.7 Å². The first kappa shape index (κ1) is 59.8. The molecular formula is C44H80N6O14. The van der Waals surface area contributed by atoms with Crippen molar-refractivity contribution in [3.8, 4) is 0 Å². The van der Waals surface area contributed by atoms with E-state index in [2.05, 4.69) is 33.3 Å². The van der Waals surface area contributed by atoms with Gasteiger partial charge < -0.3 is 55.5 Å². The van der Waals surface area contributed by atoms with Crippen LogP contribution in [0.15, 0.2) is 12.2 Å². The van der Waals surface area contributed by atoms with Crippen molar-refractivity contribution in [2.75, 3.05) is 72.5 Å². The van der Waals surface area contributed by atoms with Crippen LogP contribution in [0.5, 0.6) is 0 Å². The molecular weight excluding hydrogens is 837 g/mol. The van der Waals surface area contributed by atoms with Crippen LogP contribution in [0, 0.1) is 0 Å². The molecule has 64 heavy (non-hydrogen) atoms. The van der Waals surface area contributed by atoms with E-state index in [1.807, 2.05) is 0 Å². The molecule has 0 rings (SSSR count). The first-order valence-electron chi connectivity index (χ1n) is 23.1. The molecule has 0 radical (unpaired) electrons. The fourth-order valence-electron chi connectivity index (χ4n) is 6.36. The van der Waals surface area contributed by atoms with E-state index >= 15 is 0 Å². The molecule has 0 saturated carbocycles. The van der Waals surface area contributed by atoms with Crippen LogP contribution in [-0.2, 0) is 52.5 Å². The van der Waals surface area contributed by atoms with Gasteiger partial charge in [0.1, 0.15) is 25.3 Å². The first-order chi connectivity index (χ1) is 30.9. The lowest BCUT2D eigenvalue weighted by Crippen LogP contribution is -2.43. The molecule has 0 aliphatic carbocycles. The molecule has 370 valence electrons. The summed E-state index contributed by atoms with van der Waals surface area (Å²) in [6, 6.07) is -2.19. The summed E-state index contributed by atoms with van der Waals surface area (Å²) in [7, 11) is 0. The number of carboxylic acids is 3. The number of carbonyl (C=O) groups is 7. The molecule has 20 heteroatoms. The van der Waals surface area contributed by atoms with Gasteiger partial charge in [-0.25, -0.2) is 10.2 Å². The van der Waals surface area contributed by atoms with Gasteiger partial charge in [-0.2, -0.15) is 0 Å². The lowest BCUT2D eigenvalue weighted by atomic mass is 10.0. The second-order valence-electron chi connectivity index (χ2n) is 15.7. The Bertz CT molecular complexity index is 1310. The predicted molar refractivity (Wildman–Crippen MR) is 239 cm³/mol. The summed E-state index contributed by atoms with van der Waals surface area (Å²) in [5.41, 5.74) is 2.29. The van der Waals surface area contributed by atoms with Gasteiger partial charge in [-0.3, -0.25) is 34.6 Å². The zero-order valence-electron chi connectivity index (χ0n) is 38.1. The maximum atomic E-state index is 12.4. The standard InChI is InChI=1S/C44H80N6O14/c1-35(42(44(59)60)49-37(51)21-16-14-12-10-8-6-4-2-3-5-7-9-11-13-15-17-22-41(55)56)32-38(52)47-24-26-61-28-31-64-34-40(54)48-25-27-62-29-30-63-33-39(53)46-23-19-18-20-36(50-45)43(57)58/h36,42,50H,1-34,45H2,(H,46,53)(H,47,52)(H,48,54)(H,49,51)(H,55,56)(H,57,58)(H,59,60)/t36-,42-/m0/s1. The predicted octanol–water partition coefficient (Wildman–Crippen LogP) is 3.11. The van der Waals surface area contributed by atoms with Crippen LogP contribution < -0.4 is 32.5 Å². The van der Waals surface area contributed by atoms with Crippen molar-refractivity contribution in [1.29, 1.82) is 0 Å². The second-order valence-corrected chi connectivity index (χ2v) is 15.7. The number of hydrazine groups is 1. The van der Waals surface area contributed by atoms with Crippen molar-refractivity contribution < 1.29 is 67.8 Å². The Morgan fingerprint density at radius 3 is 1.33 bits per heavy atom. The number of carboxylic acid groups (broad SMARTS) is 3. The minimum atomic E-state index is -1.37. The number of ether oxygens (including phenoxy) is 4. The number of rotatable bonds is 47. The molecule has 0 aliphatic rings. The largest absolute Gasteiger partial charge is 0.481 e. The third kappa shape index (κ3) is 39.4. The molecule has 2 atom stereocenters. The molecule has 0 aliphatic heterocycles. The van der Waals surface area contributed by atoms with Gasteiger partial charge in [-0.1, -0.05) is 96.5 Å². The van der Waals surface area contributed by atoms with E-state index in [-0.39, 0.29) is 103 Å². The number of hydrogen-bond acceptors (Lipinski definition) is 13. The number of amides is 4. The average molecular weight is 917 g/mol. The van der Waals surface area contributed by atoms with Crippen LogP contribution in [0.1, 0.15) is 141 Å². The Morgan fingerprint density at radius 2 is 0.891 bits per heavy atom. The van der Waals surface area contributed by atoms with Crippen LogP contribution in [-0.4, -0.2) is 141 Å². The van der Waals surface area contributed by atoms with Gasteiger partial charge >= 0.3 is 17.9 Å². The average Bonchev–Trinajstić information content (AvgIpc) is 3.24. The molecule has 0 unspecified atom stereocenters. The van der Waals surface area contributed by atoms with E-state index in [1.165, 1.54) is 51.4 Å². The quantitative estimate of drug-likeness (QED) is 0.0183. The molecule has 0 fully saturated rings. The Hall–Kier alpha value is -4.21. The maximum Gasteiger partial charge on any atom is 0.330 e. The van der Waals surface area contributed by atoms with Crippen LogP contribution >= 0.6 is 0 Å². The number of carbonyl (C=O) groups excluding carboxylic acids is 4. The second kappa shape index (κ2) is 42.7. The molecule has 10 N–H and O–H groups in total. The lowest BCUT2D eigenvalue weighted by molar-refractivity contribution is -0.141. The van der Waals surface area contributed by atoms with Crippen molar-refractivity contribution in [3.63, 3.8) is 0 Å². The Kier molecular flexibility index (Phi) is 39.9. The van der Waals surface area contributed by atoms with E-state index in [0.717, 1.165) is 44.9 Å². The number of hydrogen-bond donors (Lipinski definition) is 9. The summed E-state index contributed by atoms with van der Waals surface area (Å²) in [5.74, 6) is 0.657. The topological polar surface area (TPSA) is 303 Å². The zero-order valence-corrected chi connectivity index (χ0v) is 38.1. The smallest absolute Gasteiger partial charge is 0.330 e. The zero-order chi connectivity index (χ0) is 47.5. The number of nitrogens with one attached hydrogen (secondary N) is 5. The van der Waals surface area contributed by atoms with Gasteiger partial charge in [-0.05, 0) is 37.7 Å². The van der Waals surface area contributed by atoms with Gasteiger partial charge in [0.05, 0.1) is 39.6 Å². The molecule has 0 aromatic rings. The highest BCUT2D eigenvalue weighted by Crippen LogP contribution is 2.15. The number of unbranched alkanes of at least 4 members (excludes halogenated alkanes) is 16. The van der Waals surface area contributed by atoms with Gasteiger partial charge in [0.15, 0.2) is 0 Å². The fourth-order valence-corrected chi connectivity index (χ4v) is 6.36. The van der Waals surface area contributed by atoms with E-state index in [9.17, 15) is 38.7 Å². The Labute approximate surface area is 379 Å². The van der Waals surface area contributed by atoms with Crippen LogP contribution in [0.2, 0.25) is 0 Å². The molecule has 0 bridgehead atoms. The maximum absolute atomic E-state index is 12.4. The molecule has 0 aromatic heterocycles. The highest BCUT2D eigenvalue weighted by atomic mass is 16.5. The van der Waals surface area contributed by atoms with Crippen molar-refractivity contribution in [3.05, 3.63) is 12.2 Å². The molecule has 0 heterocycles. The van der Waals surface area contributed by atoms with E-state index in [4.69, 9.17) is 35.0 Å². The summed E-state index contributed by atoms with van der Waals surface area (Å²) in [6.07, 6.45) is 19.3. The Balaban J connectivity index is 3.74. The van der Waals surface area contributed by atoms with Crippen molar-refractivity contribution in [2.45, 2.75) is 153 Å². The minimum Gasteiger partial charge on any atom is -0.481 e. The van der Waals surface area contributed by atoms with Crippen molar-refractivity contribution >= 4 is 41.5 Å². The van der Waals surface area contributed by atoms with Crippen LogP contribution in [0.25, 0.3) is 0 Å². The minimum absolute atomic E-state index is 0.0650. The fraction of sp³-hybridized carbons (Fsp3) is 0.795. The van der Waals surface area contributed by atoms with E-state index < -0.39 is 41.8 Å². The lowest BCUT2D eigenvalue weighted by Gasteiger charge is -2.17. The van der Waals surface area contributed by atoms with Gasteiger partial charge in [0, 0.05) is 38.9 Å². The Morgan fingerprint density at radius 1 is 0.469 bits per heavy atom. The highest BCUT2D eigenvalue weighted by Gasteiger charge is 2.24. The van der Waals surface area contributed by atoms with Gasteiger partial charge in [0.25, 0.3) is 0 Å². The van der Waals surface area contributed by atoms with E-state index in [1.54, 1.807) is 0 Å². The molecule has 0 aromatic carbocycles. The van der Waals surface area contributed by atoms with Crippen LogP contribution in [0.4, 0.5) is 0 Å². The number of nitrogens with two attached hydrogens (primary N) is 1. The molecule has 4 amide bonds. The third-order valence-corrected chi connectivity index (χ3v) is 9.98. The van der Waals surface area contributed by atoms with E-state index in [0.29, 0.717) is 32.2 Å². The monoisotopic (exact) mass is 917 g/mol.